The molecule has 1 aromatic carbocycles. The van der Waals surface area contributed by atoms with E-state index in [1.54, 1.807) is 6.07 Å². The second-order valence-electron chi connectivity index (χ2n) is 4.90. The van der Waals surface area contributed by atoms with Gasteiger partial charge in [-0.15, -0.1) is 0 Å². The summed E-state index contributed by atoms with van der Waals surface area (Å²) in [5, 5.41) is 9.22. The zero-order valence-electron chi connectivity index (χ0n) is 11.6. The highest BCUT2D eigenvalue weighted by Crippen LogP contribution is 2.21. The lowest BCUT2D eigenvalue weighted by atomic mass is 10.1. The topological polar surface area (TPSA) is 43.8 Å². The lowest BCUT2D eigenvalue weighted by Gasteiger charge is -2.22. The van der Waals surface area contributed by atoms with E-state index in [9.17, 15) is 9.90 Å². The third-order valence-electron chi connectivity index (χ3n) is 2.89. The van der Waals surface area contributed by atoms with Crippen LogP contribution in [0, 0.1) is 6.92 Å². The van der Waals surface area contributed by atoms with Gasteiger partial charge in [0.15, 0.2) is 0 Å². The van der Waals surface area contributed by atoms with Gasteiger partial charge < -0.3 is 14.9 Å². The van der Waals surface area contributed by atoms with Crippen molar-refractivity contribution in [2.75, 3.05) is 39.1 Å². The van der Waals surface area contributed by atoms with Crippen LogP contribution in [-0.4, -0.2) is 50.2 Å². The highest BCUT2D eigenvalue weighted by molar-refractivity contribution is 5.94. The number of carboxylic acid groups (broad SMARTS) is 1. The molecule has 0 unspecified atom stereocenters. The third-order valence-corrected chi connectivity index (χ3v) is 2.89. The fourth-order valence-electron chi connectivity index (χ4n) is 1.90. The number of anilines is 1. The smallest absolute Gasteiger partial charge is 0.337 e. The van der Waals surface area contributed by atoms with E-state index in [1.807, 2.05) is 45.1 Å². The van der Waals surface area contributed by atoms with Crippen molar-refractivity contribution in [2.45, 2.75) is 13.3 Å². The van der Waals surface area contributed by atoms with Gasteiger partial charge in [0.1, 0.15) is 0 Å². The number of nitrogens with zero attached hydrogens (tertiary/aromatic N) is 2. The Bertz CT molecular complexity index is 416. The largest absolute Gasteiger partial charge is 0.478 e. The van der Waals surface area contributed by atoms with Gasteiger partial charge in [-0.05, 0) is 46.1 Å². The fraction of sp³-hybridized carbons (Fsp3) is 0.500. The SMILES string of the molecule is Cc1ccc(N(C)CCCN(C)C)c(C(=O)O)c1. The Morgan fingerprint density at radius 2 is 1.89 bits per heavy atom. The number of aromatic carboxylic acids is 1. The van der Waals surface area contributed by atoms with Crippen molar-refractivity contribution in [1.82, 2.24) is 4.90 Å². The molecule has 0 saturated heterocycles. The van der Waals surface area contributed by atoms with E-state index in [0.29, 0.717) is 5.56 Å². The van der Waals surface area contributed by atoms with Crippen molar-refractivity contribution in [3.05, 3.63) is 29.3 Å². The van der Waals surface area contributed by atoms with E-state index in [4.69, 9.17) is 0 Å². The van der Waals surface area contributed by atoms with Crippen LogP contribution >= 0.6 is 0 Å². The molecular formula is C14H22N2O2. The normalized spacial score (nSPS) is 10.7. The number of hydrogen-bond acceptors (Lipinski definition) is 3. The first-order valence-electron chi connectivity index (χ1n) is 6.11. The summed E-state index contributed by atoms with van der Waals surface area (Å²) in [6.45, 7) is 3.75. The van der Waals surface area contributed by atoms with E-state index >= 15 is 0 Å². The van der Waals surface area contributed by atoms with Gasteiger partial charge in [-0.1, -0.05) is 11.6 Å². The average Bonchev–Trinajstić information content (AvgIpc) is 2.28. The van der Waals surface area contributed by atoms with Gasteiger partial charge in [-0.25, -0.2) is 4.79 Å². The quantitative estimate of drug-likeness (QED) is 0.839. The molecule has 0 aliphatic heterocycles. The van der Waals surface area contributed by atoms with Gasteiger partial charge in [0.05, 0.1) is 11.3 Å². The first-order chi connectivity index (χ1) is 8.41. The summed E-state index contributed by atoms with van der Waals surface area (Å²) < 4.78 is 0. The number of benzene rings is 1. The first-order valence-corrected chi connectivity index (χ1v) is 6.11. The first kappa shape index (κ1) is 14.5. The predicted octanol–water partition coefficient (Wildman–Crippen LogP) is 2.08. The summed E-state index contributed by atoms with van der Waals surface area (Å²) in [4.78, 5) is 15.4. The van der Waals surface area contributed by atoms with Crippen LogP contribution in [0.1, 0.15) is 22.3 Å². The summed E-state index contributed by atoms with van der Waals surface area (Å²) in [6.07, 6.45) is 1.01. The number of aryl methyl sites for hydroxylation is 1. The molecule has 1 N–H and O–H groups in total. The van der Waals surface area contributed by atoms with Crippen molar-refractivity contribution in [2.24, 2.45) is 0 Å². The minimum atomic E-state index is -0.867. The molecule has 18 heavy (non-hydrogen) atoms. The molecule has 4 nitrogen and oxygen atoms in total. The summed E-state index contributed by atoms with van der Waals surface area (Å²) in [5.74, 6) is -0.867. The lowest BCUT2D eigenvalue weighted by Crippen LogP contribution is -2.24. The molecule has 0 fully saturated rings. The highest BCUT2D eigenvalue weighted by atomic mass is 16.4. The summed E-state index contributed by atoms with van der Waals surface area (Å²) in [5.41, 5.74) is 2.13. The zero-order chi connectivity index (χ0) is 13.7. The molecule has 0 amide bonds. The van der Waals surface area contributed by atoms with Gasteiger partial charge in [0, 0.05) is 13.6 Å². The van der Waals surface area contributed by atoms with Gasteiger partial charge in [0.25, 0.3) is 0 Å². The third kappa shape index (κ3) is 4.04. The minimum Gasteiger partial charge on any atom is -0.478 e. The van der Waals surface area contributed by atoms with Crippen LogP contribution < -0.4 is 4.90 Å². The predicted molar refractivity (Wildman–Crippen MR) is 74.6 cm³/mol. The standard InChI is InChI=1S/C14H22N2O2/c1-11-6-7-13(12(10-11)14(17)18)16(4)9-5-8-15(2)3/h6-7,10H,5,8-9H2,1-4H3,(H,17,18). The second-order valence-corrected chi connectivity index (χ2v) is 4.90. The van der Waals surface area contributed by atoms with Crippen LogP contribution in [0.3, 0.4) is 0 Å². The van der Waals surface area contributed by atoms with Crippen molar-refractivity contribution in [3.8, 4) is 0 Å². The van der Waals surface area contributed by atoms with Crippen LogP contribution in [0.15, 0.2) is 18.2 Å². The molecule has 0 aliphatic rings. The minimum absolute atomic E-state index is 0.377. The molecule has 0 saturated carbocycles. The zero-order valence-corrected chi connectivity index (χ0v) is 11.6. The number of hydrogen-bond donors (Lipinski definition) is 1. The van der Waals surface area contributed by atoms with Crippen LogP contribution in [0.2, 0.25) is 0 Å². The van der Waals surface area contributed by atoms with Gasteiger partial charge in [-0.2, -0.15) is 0 Å². The Hall–Kier alpha value is -1.55. The summed E-state index contributed by atoms with van der Waals surface area (Å²) >= 11 is 0. The molecule has 0 aromatic heterocycles. The Morgan fingerprint density at radius 3 is 2.44 bits per heavy atom. The molecule has 0 atom stereocenters. The molecule has 0 heterocycles. The Balaban J connectivity index is 2.78. The molecule has 0 aliphatic carbocycles. The maximum Gasteiger partial charge on any atom is 0.337 e. The van der Waals surface area contributed by atoms with Gasteiger partial charge >= 0.3 is 5.97 Å². The van der Waals surface area contributed by atoms with Gasteiger partial charge in [-0.3, -0.25) is 0 Å². The van der Waals surface area contributed by atoms with Crippen LogP contribution in [0.4, 0.5) is 5.69 Å². The fourth-order valence-corrected chi connectivity index (χ4v) is 1.90. The van der Waals surface area contributed by atoms with E-state index < -0.39 is 5.97 Å². The Kier molecular flexibility index (Phi) is 5.16. The van der Waals surface area contributed by atoms with Crippen molar-refractivity contribution in [3.63, 3.8) is 0 Å². The summed E-state index contributed by atoms with van der Waals surface area (Å²) in [6, 6.07) is 5.55. The van der Waals surface area contributed by atoms with Crippen LogP contribution in [-0.2, 0) is 0 Å². The number of carbonyl (C=O) groups is 1. The Morgan fingerprint density at radius 1 is 1.22 bits per heavy atom. The highest BCUT2D eigenvalue weighted by Gasteiger charge is 2.13. The molecule has 0 bridgehead atoms. The van der Waals surface area contributed by atoms with E-state index in [2.05, 4.69) is 4.90 Å². The van der Waals surface area contributed by atoms with E-state index in [1.165, 1.54) is 0 Å². The molecule has 0 radical (unpaired) electrons. The van der Waals surface area contributed by atoms with Crippen LogP contribution in [0.5, 0.6) is 0 Å². The monoisotopic (exact) mass is 250 g/mol. The molecule has 0 spiro atoms. The number of rotatable bonds is 6. The van der Waals surface area contributed by atoms with Crippen molar-refractivity contribution < 1.29 is 9.90 Å². The second kappa shape index (κ2) is 6.40. The Labute approximate surface area is 109 Å². The number of carboxylic acids is 1. The summed E-state index contributed by atoms with van der Waals surface area (Å²) in [7, 11) is 6.01. The lowest BCUT2D eigenvalue weighted by molar-refractivity contribution is 0.0697. The van der Waals surface area contributed by atoms with Crippen molar-refractivity contribution >= 4 is 11.7 Å². The molecular weight excluding hydrogens is 228 g/mol. The average molecular weight is 250 g/mol. The molecule has 1 aromatic rings. The molecule has 1 rings (SSSR count). The van der Waals surface area contributed by atoms with E-state index in [0.717, 1.165) is 30.8 Å². The van der Waals surface area contributed by atoms with Crippen LogP contribution in [0.25, 0.3) is 0 Å². The molecule has 100 valence electrons. The van der Waals surface area contributed by atoms with Gasteiger partial charge in [0.2, 0.25) is 0 Å². The van der Waals surface area contributed by atoms with Crippen molar-refractivity contribution in [1.29, 1.82) is 0 Å². The van der Waals surface area contributed by atoms with E-state index in [-0.39, 0.29) is 0 Å². The maximum absolute atomic E-state index is 11.2. The maximum atomic E-state index is 11.2. The molecule has 4 heteroatoms.